The fourth-order valence-electron chi connectivity index (χ4n) is 1.69. The van der Waals surface area contributed by atoms with Crippen molar-refractivity contribution in [3.8, 4) is 0 Å². The summed E-state index contributed by atoms with van der Waals surface area (Å²) < 4.78 is 13.3. The molecule has 1 amide bonds. The van der Waals surface area contributed by atoms with Crippen LogP contribution in [0.1, 0.15) is 37.6 Å². The Labute approximate surface area is 116 Å². The number of carbonyl (C=O) groups is 1. The highest BCUT2D eigenvalue weighted by atomic mass is 19.1. The third-order valence-electron chi connectivity index (χ3n) is 3.41. The number of amides is 1. The van der Waals surface area contributed by atoms with Crippen LogP contribution >= 0.6 is 0 Å². The van der Waals surface area contributed by atoms with E-state index in [1.54, 1.807) is 0 Å². The van der Waals surface area contributed by atoms with Crippen molar-refractivity contribution in [2.24, 2.45) is 5.92 Å². The summed E-state index contributed by atoms with van der Waals surface area (Å²) in [6.07, 6.45) is 0.856. The minimum Gasteiger partial charge on any atom is -0.396 e. The number of rotatable bonds is 5. The molecule has 0 heterocycles. The van der Waals surface area contributed by atoms with Crippen molar-refractivity contribution in [2.45, 2.75) is 33.2 Å². The van der Waals surface area contributed by atoms with Crippen LogP contribution in [-0.4, -0.2) is 16.9 Å². The van der Waals surface area contributed by atoms with E-state index in [0.717, 1.165) is 12.5 Å². The number of carbonyl (C=O) groups excluding carboxylic acids is 1. The highest BCUT2D eigenvalue weighted by Crippen LogP contribution is 2.24. The van der Waals surface area contributed by atoms with Crippen molar-refractivity contribution in [3.05, 3.63) is 33.6 Å². The standard InChI is InChI=1S/C13H18FN3O3/c1-4-7(2)8(3)16-13(18)9-5-11(15)10(14)6-12(9)17(19)20/h5-8H,4,15H2,1-3H3,(H,16,18). The first-order chi connectivity index (χ1) is 9.27. The van der Waals surface area contributed by atoms with E-state index in [1.165, 1.54) is 0 Å². The van der Waals surface area contributed by atoms with E-state index in [1.807, 2.05) is 20.8 Å². The van der Waals surface area contributed by atoms with Gasteiger partial charge in [-0.05, 0) is 18.9 Å². The normalized spacial score (nSPS) is 13.6. The number of nitro benzene ring substituents is 1. The lowest BCUT2D eigenvalue weighted by molar-refractivity contribution is -0.385. The molecule has 0 saturated heterocycles. The van der Waals surface area contributed by atoms with Crippen LogP contribution in [0.15, 0.2) is 12.1 Å². The van der Waals surface area contributed by atoms with Crippen LogP contribution in [0, 0.1) is 21.8 Å². The predicted octanol–water partition coefficient (Wildman–Crippen LogP) is 2.48. The second-order valence-corrected chi connectivity index (χ2v) is 4.80. The maximum atomic E-state index is 13.3. The Bertz CT molecular complexity index is 534. The zero-order valence-electron chi connectivity index (χ0n) is 11.6. The van der Waals surface area contributed by atoms with Crippen molar-refractivity contribution < 1.29 is 14.1 Å². The zero-order chi connectivity index (χ0) is 15.4. The van der Waals surface area contributed by atoms with Crippen molar-refractivity contribution in [1.29, 1.82) is 0 Å². The minimum absolute atomic E-state index is 0.154. The van der Waals surface area contributed by atoms with Crippen LogP contribution in [0.3, 0.4) is 0 Å². The van der Waals surface area contributed by atoms with Gasteiger partial charge in [-0.1, -0.05) is 20.3 Å². The monoisotopic (exact) mass is 283 g/mol. The zero-order valence-corrected chi connectivity index (χ0v) is 11.6. The Balaban J connectivity index is 3.09. The molecule has 0 radical (unpaired) electrons. The number of hydrogen-bond acceptors (Lipinski definition) is 4. The average molecular weight is 283 g/mol. The molecule has 7 heteroatoms. The summed E-state index contributed by atoms with van der Waals surface area (Å²) in [5.74, 6) is -1.32. The number of benzene rings is 1. The molecule has 1 aromatic carbocycles. The number of halogens is 1. The topological polar surface area (TPSA) is 98.3 Å². The van der Waals surface area contributed by atoms with Gasteiger partial charge in [-0.25, -0.2) is 4.39 Å². The highest BCUT2D eigenvalue weighted by Gasteiger charge is 2.24. The van der Waals surface area contributed by atoms with Crippen LogP contribution < -0.4 is 11.1 Å². The SMILES string of the molecule is CCC(C)C(C)NC(=O)c1cc(N)c(F)cc1[N+](=O)[O-]. The largest absolute Gasteiger partial charge is 0.396 e. The molecular weight excluding hydrogens is 265 g/mol. The second kappa shape index (κ2) is 6.31. The Morgan fingerprint density at radius 1 is 1.50 bits per heavy atom. The number of nitrogens with one attached hydrogen (secondary N) is 1. The number of hydrogen-bond donors (Lipinski definition) is 2. The molecule has 0 bridgehead atoms. The lowest BCUT2D eigenvalue weighted by Gasteiger charge is -2.19. The van der Waals surface area contributed by atoms with Crippen molar-refractivity contribution in [3.63, 3.8) is 0 Å². The summed E-state index contributed by atoms with van der Waals surface area (Å²) in [4.78, 5) is 22.2. The van der Waals surface area contributed by atoms with Gasteiger partial charge in [-0.3, -0.25) is 14.9 Å². The molecule has 0 fully saturated rings. The van der Waals surface area contributed by atoms with E-state index >= 15 is 0 Å². The van der Waals surface area contributed by atoms with E-state index in [9.17, 15) is 19.3 Å². The summed E-state index contributed by atoms with van der Waals surface area (Å²) in [6, 6.07) is 1.50. The van der Waals surface area contributed by atoms with Crippen LogP contribution in [0.2, 0.25) is 0 Å². The Morgan fingerprint density at radius 3 is 2.60 bits per heavy atom. The van der Waals surface area contributed by atoms with Gasteiger partial charge in [-0.2, -0.15) is 0 Å². The average Bonchev–Trinajstić information content (AvgIpc) is 2.39. The number of nitrogens with two attached hydrogens (primary N) is 1. The molecule has 2 unspecified atom stereocenters. The molecule has 20 heavy (non-hydrogen) atoms. The van der Waals surface area contributed by atoms with Crippen LogP contribution in [0.4, 0.5) is 15.8 Å². The molecule has 0 aliphatic heterocycles. The van der Waals surface area contributed by atoms with Crippen LogP contribution in [0.25, 0.3) is 0 Å². The molecule has 110 valence electrons. The Hall–Kier alpha value is -2.18. The minimum atomic E-state index is -0.914. The Kier molecular flexibility index (Phi) is 5.01. The molecule has 0 aliphatic rings. The lowest BCUT2D eigenvalue weighted by Crippen LogP contribution is -2.37. The van der Waals surface area contributed by atoms with Crippen LogP contribution in [0.5, 0.6) is 0 Å². The number of nitrogens with zero attached hydrogens (tertiary/aromatic N) is 1. The summed E-state index contributed by atoms with van der Waals surface area (Å²) in [6.45, 7) is 5.74. The van der Waals surface area contributed by atoms with Gasteiger partial charge in [0, 0.05) is 6.04 Å². The van der Waals surface area contributed by atoms with E-state index in [-0.39, 0.29) is 23.2 Å². The molecule has 1 aromatic rings. The summed E-state index contributed by atoms with van der Waals surface area (Å²) in [5, 5.41) is 13.6. The van der Waals surface area contributed by atoms with E-state index in [2.05, 4.69) is 5.32 Å². The number of nitro groups is 1. The molecule has 6 nitrogen and oxygen atoms in total. The van der Waals surface area contributed by atoms with Crippen molar-refractivity contribution in [1.82, 2.24) is 5.32 Å². The van der Waals surface area contributed by atoms with Gasteiger partial charge in [0.25, 0.3) is 11.6 Å². The van der Waals surface area contributed by atoms with Gasteiger partial charge < -0.3 is 11.1 Å². The summed E-state index contributed by atoms with van der Waals surface area (Å²) in [7, 11) is 0. The van der Waals surface area contributed by atoms with Gasteiger partial charge in [-0.15, -0.1) is 0 Å². The molecule has 3 N–H and O–H groups in total. The van der Waals surface area contributed by atoms with Gasteiger partial charge >= 0.3 is 0 Å². The summed E-state index contributed by atoms with van der Waals surface area (Å²) >= 11 is 0. The van der Waals surface area contributed by atoms with Gasteiger partial charge in [0.05, 0.1) is 16.7 Å². The maximum absolute atomic E-state index is 13.3. The molecule has 0 aliphatic carbocycles. The summed E-state index contributed by atoms with van der Waals surface area (Å²) in [5.41, 5.74) is 4.25. The van der Waals surface area contributed by atoms with E-state index < -0.39 is 22.3 Å². The predicted molar refractivity (Wildman–Crippen MR) is 73.9 cm³/mol. The molecule has 0 spiro atoms. The third-order valence-corrected chi connectivity index (χ3v) is 3.41. The molecule has 0 saturated carbocycles. The number of anilines is 1. The van der Waals surface area contributed by atoms with Crippen molar-refractivity contribution >= 4 is 17.3 Å². The smallest absolute Gasteiger partial charge is 0.285 e. The third kappa shape index (κ3) is 3.43. The van der Waals surface area contributed by atoms with E-state index in [0.29, 0.717) is 6.07 Å². The fraction of sp³-hybridized carbons (Fsp3) is 0.462. The first kappa shape index (κ1) is 15.9. The Morgan fingerprint density at radius 2 is 2.10 bits per heavy atom. The van der Waals surface area contributed by atoms with Gasteiger partial charge in [0.1, 0.15) is 5.56 Å². The lowest BCUT2D eigenvalue weighted by atomic mass is 10.0. The highest BCUT2D eigenvalue weighted by molar-refractivity contribution is 5.99. The second-order valence-electron chi connectivity index (χ2n) is 4.80. The molecule has 0 aromatic heterocycles. The first-order valence-corrected chi connectivity index (χ1v) is 6.32. The number of nitrogen functional groups attached to an aromatic ring is 1. The van der Waals surface area contributed by atoms with Crippen molar-refractivity contribution in [2.75, 3.05) is 5.73 Å². The van der Waals surface area contributed by atoms with Crippen LogP contribution in [-0.2, 0) is 0 Å². The van der Waals surface area contributed by atoms with E-state index in [4.69, 9.17) is 5.73 Å². The molecule has 1 rings (SSSR count). The fourth-order valence-corrected chi connectivity index (χ4v) is 1.69. The van der Waals surface area contributed by atoms with Gasteiger partial charge in [0.2, 0.25) is 0 Å². The quantitative estimate of drug-likeness (QED) is 0.492. The van der Waals surface area contributed by atoms with Gasteiger partial charge in [0.15, 0.2) is 5.82 Å². The molecule has 2 atom stereocenters. The maximum Gasteiger partial charge on any atom is 0.285 e. The molecular formula is C13H18FN3O3. The first-order valence-electron chi connectivity index (χ1n) is 6.32.